The van der Waals surface area contributed by atoms with Gasteiger partial charge in [-0.25, -0.2) is 12.7 Å². The largest absolute Gasteiger partial charge is 0.469 e. The predicted octanol–water partition coefficient (Wildman–Crippen LogP) is 0.713. The first-order chi connectivity index (χ1) is 7.20. The van der Waals surface area contributed by atoms with E-state index in [9.17, 15) is 13.2 Å². The lowest BCUT2D eigenvalue weighted by molar-refractivity contribution is -0.144. The van der Waals surface area contributed by atoms with Crippen molar-refractivity contribution in [3.63, 3.8) is 0 Å². The third kappa shape index (κ3) is 4.94. The summed E-state index contributed by atoms with van der Waals surface area (Å²) in [5.74, 6) is -0.679. The molecule has 0 fully saturated rings. The van der Waals surface area contributed by atoms with E-state index >= 15 is 0 Å². The molecule has 5 nitrogen and oxygen atoms in total. The van der Waals surface area contributed by atoms with E-state index in [1.165, 1.54) is 18.5 Å². The molecule has 0 saturated heterocycles. The monoisotopic (exact) mass is 251 g/mol. The van der Waals surface area contributed by atoms with Crippen LogP contribution in [0.2, 0.25) is 0 Å². The zero-order valence-corrected chi connectivity index (χ0v) is 11.4. The number of esters is 1. The summed E-state index contributed by atoms with van der Waals surface area (Å²) in [6.45, 7) is 5.49. The highest BCUT2D eigenvalue weighted by atomic mass is 32.2. The Labute approximate surface area is 97.8 Å². The average Bonchev–Trinajstić information content (AvgIpc) is 2.14. The van der Waals surface area contributed by atoms with Crippen LogP contribution in [0.3, 0.4) is 0 Å². The molecular weight excluding hydrogens is 230 g/mol. The van der Waals surface area contributed by atoms with Crippen LogP contribution < -0.4 is 0 Å². The molecule has 0 aliphatic heterocycles. The minimum Gasteiger partial charge on any atom is -0.469 e. The Morgan fingerprint density at radius 3 is 2.19 bits per heavy atom. The van der Waals surface area contributed by atoms with E-state index in [4.69, 9.17) is 0 Å². The normalized spacial score (nSPS) is 14.2. The Morgan fingerprint density at radius 1 is 1.31 bits per heavy atom. The Morgan fingerprint density at radius 2 is 1.81 bits per heavy atom. The first kappa shape index (κ1) is 15.4. The molecule has 0 aromatic heterocycles. The lowest BCUT2D eigenvalue weighted by atomic mass is 10.2. The summed E-state index contributed by atoms with van der Waals surface area (Å²) in [4.78, 5) is 11.2. The molecule has 1 atom stereocenters. The number of carbonyl (C=O) groups is 1. The summed E-state index contributed by atoms with van der Waals surface area (Å²) in [6.07, 6.45) is 0. The zero-order chi connectivity index (χ0) is 12.9. The highest BCUT2D eigenvalue weighted by molar-refractivity contribution is 7.89. The molecule has 0 aromatic rings. The van der Waals surface area contributed by atoms with Gasteiger partial charge < -0.3 is 4.74 Å². The fourth-order valence-electron chi connectivity index (χ4n) is 1.32. The van der Waals surface area contributed by atoms with Crippen molar-refractivity contribution in [2.75, 3.05) is 26.5 Å². The van der Waals surface area contributed by atoms with Gasteiger partial charge in [0.05, 0.1) is 18.8 Å². The van der Waals surface area contributed by atoms with Gasteiger partial charge in [0.1, 0.15) is 0 Å². The second kappa shape index (κ2) is 6.20. The van der Waals surface area contributed by atoms with Crippen LogP contribution >= 0.6 is 0 Å². The van der Waals surface area contributed by atoms with Crippen molar-refractivity contribution in [1.82, 2.24) is 4.31 Å². The molecule has 16 heavy (non-hydrogen) atoms. The minimum atomic E-state index is -3.27. The summed E-state index contributed by atoms with van der Waals surface area (Å²) < 4.78 is 29.3. The first-order valence-electron chi connectivity index (χ1n) is 5.22. The number of hydrogen-bond donors (Lipinski definition) is 0. The Balaban J connectivity index is 4.46. The molecule has 0 aliphatic carbocycles. The van der Waals surface area contributed by atoms with Crippen molar-refractivity contribution in [3.05, 3.63) is 0 Å². The fraction of sp³-hybridized carbons (Fsp3) is 0.900. The Bertz CT molecular complexity index is 324. The standard InChI is InChI=1S/C10H21NO4S/c1-8(2)7-16(13,14)11(4)6-9(3)10(12)15-5/h8-9H,6-7H2,1-5H3. The summed E-state index contributed by atoms with van der Waals surface area (Å²) in [6, 6.07) is 0. The maximum atomic E-state index is 11.8. The van der Waals surface area contributed by atoms with Crippen LogP contribution in [0.4, 0.5) is 0 Å². The second-order valence-electron chi connectivity index (χ2n) is 4.38. The molecule has 0 aliphatic rings. The zero-order valence-electron chi connectivity index (χ0n) is 10.6. The lowest BCUT2D eigenvalue weighted by Crippen LogP contribution is -2.36. The van der Waals surface area contributed by atoms with Crippen LogP contribution in [0.15, 0.2) is 0 Å². The van der Waals surface area contributed by atoms with Gasteiger partial charge in [0.25, 0.3) is 0 Å². The molecule has 0 spiro atoms. The van der Waals surface area contributed by atoms with Gasteiger partial charge >= 0.3 is 5.97 Å². The van der Waals surface area contributed by atoms with E-state index in [1.54, 1.807) is 6.92 Å². The van der Waals surface area contributed by atoms with Crippen LogP contribution in [0.5, 0.6) is 0 Å². The topological polar surface area (TPSA) is 63.7 Å². The molecule has 0 rings (SSSR count). The van der Waals surface area contributed by atoms with Crippen molar-refractivity contribution < 1.29 is 17.9 Å². The van der Waals surface area contributed by atoms with Crippen LogP contribution in [-0.2, 0) is 19.6 Å². The number of hydrogen-bond acceptors (Lipinski definition) is 4. The van der Waals surface area contributed by atoms with Gasteiger partial charge in [-0.3, -0.25) is 4.79 Å². The molecule has 0 heterocycles. The van der Waals surface area contributed by atoms with Crippen molar-refractivity contribution >= 4 is 16.0 Å². The summed E-state index contributed by atoms with van der Waals surface area (Å²) in [7, 11) is -0.494. The van der Waals surface area contributed by atoms with Gasteiger partial charge in [-0.2, -0.15) is 0 Å². The first-order valence-corrected chi connectivity index (χ1v) is 6.83. The Kier molecular flexibility index (Phi) is 5.96. The van der Waals surface area contributed by atoms with E-state index in [0.29, 0.717) is 0 Å². The molecule has 0 N–H and O–H groups in total. The number of sulfonamides is 1. The van der Waals surface area contributed by atoms with Crippen molar-refractivity contribution in [3.8, 4) is 0 Å². The van der Waals surface area contributed by atoms with Crippen LogP contribution in [-0.4, -0.2) is 45.1 Å². The average molecular weight is 251 g/mol. The van der Waals surface area contributed by atoms with E-state index in [2.05, 4.69) is 4.74 Å². The molecule has 96 valence electrons. The SMILES string of the molecule is COC(=O)C(C)CN(C)S(=O)(=O)CC(C)C. The molecule has 0 aromatic carbocycles. The maximum absolute atomic E-state index is 11.8. The van der Waals surface area contributed by atoms with Gasteiger partial charge in [-0.1, -0.05) is 20.8 Å². The van der Waals surface area contributed by atoms with Gasteiger partial charge in [0.2, 0.25) is 10.0 Å². The highest BCUT2D eigenvalue weighted by Crippen LogP contribution is 2.08. The van der Waals surface area contributed by atoms with Gasteiger partial charge in [0.15, 0.2) is 0 Å². The highest BCUT2D eigenvalue weighted by Gasteiger charge is 2.24. The maximum Gasteiger partial charge on any atom is 0.309 e. The van der Waals surface area contributed by atoms with Crippen molar-refractivity contribution in [2.45, 2.75) is 20.8 Å². The van der Waals surface area contributed by atoms with E-state index < -0.39 is 21.9 Å². The summed E-state index contributed by atoms with van der Waals surface area (Å²) in [5.41, 5.74) is 0. The number of nitrogens with zero attached hydrogens (tertiary/aromatic N) is 1. The summed E-state index contributed by atoms with van der Waals surface area (Å²) in [5, 5.41) is 0. The molecule has 0 amide bonds. The molecular formula is C10H21NO4S. The molecule has 0 radical (unpaired) electrons. The summed E-state index contributed by atoms with van der Waals surface area (Å²) >= 11 is 0. The number of carbonyl (C=O) groups excluding carboxylic acids is 1. The van der Waals surface area contributed by atoms with Gasteiger partial charge in [0, 0.05) is 13.6 Å². The fourth-order valence-corrected chi connectivity index (χ4v) is 2.87. The van der Waals surface area contributed by atoms with Crippen LogP contribution in [0, 0.1) is 11.8 Å². The van der Waals surface area contributed by atoms with Crippen LogP contribution in [0.1, 0.15) is 20.8 Å². The molecule has 0 saturated carbocycles. The molecule has 6 heteroatoms. The lowest BCUT2D eigenvalue weighted by Gasteiger charge is -2.20. The number of ether oxygens (including phenoxy) is 1. The number of rotatable bonds is 6. The van der Waals surface area contributed by atoms with E-state index in [1.807, 2.05) is 13.8 Å². The van der Waals surface area contributed by atoms with E-state index in [-0.39, 0.29) is 18.2 Å². The van der Waals surface area contributed by atoms with Gasteiger partial charge in [-0.15, -0.1) is 0 Å². The van der Waals surface area contributed by atoms with Crippen LogP contribution in [0.25, 0.3) is 0 Å². The third-order valence-electron chi connectivity index (χ3n) is 2.15. The van der Waals surface area contributed by atoms with Crippen molar-refractivity contribution in [2.24, 2.45) is 11.8 Å². The van der Waals surface area contributed by atoms with Crippen molar-refractivity contribution in [1.29, 1.82) is 0 Å². The molecule has 0 bridgehead atoms. The third-order valence-corrected chi connectivity index (χ3v) is 4.34. The van der Waals surface area contributed by atoms with E-state index in [0.717, 1.165) is 0 Å². The smallest absolute Gasteiger partial charge is 0.309 e. The predicted molar refractivity (Wildman–Crippen MR) is 62.4 cm³/mol. The minimum absolute atomic E-state index is 0.0703. The second-order valence-corrected chi connectivity index (χ2v) is 6.50. The quantitative estimate of drug-likeness (QED) is 0.652. The molecule has 1 unspecified atom stereocenters. The Hall–Kier alpha value is -0.620. The van der Waals surface area contributed by atoms with Gasteiger partial charge in [-0.05, 0) is 5.92 Å². The number of methoxy groups -OCH3 is 1.